The quantitative estimate of drug-likeness (QED) is 0.336. The minimum Gasteiger partial charge on any atom is -0.281 e. The van der Waals surface area contributed by atoms with Crippen LogP contribution >= 0.6 is 15.9 Å². The van der Waals surface area contributed by atoms with Crippen LogP contribution in [0.2, 0.25) is 0 Å². The van der Waals surface area contributed by atoms with E-state index in [4.69, 9.17) is 0 Å². The van der Waals surface area contributed by atoms with Crippen LogP contribution in [0.15, 0.2) is 34.9 Å². The third kappa shape index (κ3) is 1.90. The van der Waals surface area contributed by atoms with Gasteiger partial charge in [-0.2, -0.15) is 0 Å². The third-order valence-electron chi connectivity index (χ3n) is 1.50. The van der Waals surface area contributed by atoms with Crippen molar-refractivity contribution in [1.82, 2.24) is 4.98 Å². The zero-order valence-electron chi connectivity index (χ0n) is 6.71. The molecule has 0 saturated carbocycles. The van der Waals surface area contributed by atoms with Gasteiger partial charge in [0, 0.05) is 4.60 Å². The number of aromatic nitrogens is 1. The standard InChI is InChI=1S/C9H5BrN.Li/c10-9-6-5-7-3-1-2-4-8(7)11-9;/h1-5H;/q-1;+1. The average Bonchev–Trinajstić information content (AvgIpc) is 2.04. The molecule has 0 aliphatic heterocycles. The van der Waals surface area contributed by atoms with Crippen LogP contribution in [0, 0.1) is 6.07 Å². The molecule has 0 bridgehead atoms. The van der Waals surface area contributed by atoms with E-state index in [0.717, 1.165) is 15.5 Å². The summed E-state index contributed by atoms with van der Waals surface area (Å²) in [6.07, 6.45) is 0. The fraction of sp³-hybridized carbons (Fsp3) is 0. The molecule has 12 heavy (non-hydrogen) atoms. The Balaban J connectivity index is 0.000000720. The minimum absolute atomic E-state index is 0. The first-order valence-corrected chi connectivity index (χ1v) is 4.08. The zero-order chi connectivity index (χ0) is 7.68. The second-order valence-electron chi connectivity index (χ2n) is 2.25. The van der Waals surface area contributed by atoms with Crippen molar-refractivity contribution < 1.29 is 18.9 Å². The Kier molecular flexibility index (Phi) is 3.34. The van der Waals surface area contributed by atoms with E-state index >= 15 is 0 Å². The SMILES string of the molecule is Brc1[c-]cc2ccccc2n1.[Li+]. The summed E-state index contributed by atoms with van der Waals surface area (Å²) < 4.78 is 0.760. The number of rotatable bonds is 0. The number of benzene rings is 1. The maximum atomic E-state index is 4.24. The van der Waals surface area contributed by atoms with E-state index < -0.39 is 0 Å². The topological polar surface area (TPSA) is 12.9 Å². The fourth-order valence-corrected chi connectivity index (χ4v) is 1.29. The van der Waals surface area contributed by atoms with Crippen LogP contribution in [0.3, 0.4) is 0 Å². The van der Waals surface area contributed by atoms with Crippen LogP contribution in [0.4, 0.5) is 0 Å². The summed E-state index contributed by atoms with van der Waals surface area (Å²) in [5.74, 6) is 0. The van der Waals surface area contributed by atoms with Crippen molar-refractivity contribution in [3.8, 4) is 0 Å². The fourth-order valence-electron chi connectivity index (χ4n) is 0.987. The van der Waals surface area contributed by atoms with Gasteiger partial charge in [-0.3, -0.25) is 4.98 Å². The van der Waals surface area contributed by atoms with Gasteiger partial charge in [0.1, 0.15) is 0 Å². The van der Waals surface area contributed by atoms with E-state index in [2.05, 4.69) is 27.0 Å². The molecule has 2 rings (SSSR count). The van der Waals surface area contributed by atoms with Crippen LogP contribution in [0.5, 0.6) is 0 Å². The summed E-state index contributed by atoms with van der Waals surface area (Å²) in [6, 6.07) is 12.9. The van der Waals surface area contributed by atoms with Gasteiger partial charge in [0.05, 0.1) is 0 Å². The summed E-state index contributed by atoms with van der Waals surface area (Å²) in [7, 11) is 0. The largest absolute Gasteiger partial charge is 1.00 e. The molecule has 0 aliphatic carbocycles. The van der Waals surface area contributed by atoms with Crippen molar-refractivity contribution in [3.63, 3.8) is 0 Å². The van der Waals surface area contributed by atoms with Gasteiger partial charge in [-0.1, -0.05) is 34.1 Å². The molecule has 1 aromatic carbocycles. The predicted molar refractivity (Wildman–Crippen MR) is 48.3 cm³/mol. The Morgan fingerprint density at radius 1 is 1.25 bits per heavy atom. The Labute approximate surface area is 91.5 Å². The van der Waals surface area contributed by atoms with Crippen LogP contribution in [-0.4, -0.2) is 4.98 Å². The molecule has 0 atom stereocenters. The monoisotopic (exact) mass is 213 g/mol. The minimum atomic E-state index is 0. The number of halogens is 1. The van der Waals surface area contributed by atoms with E-state index in [9.17, 15) is 0 Å². The zero-order valence-corrected chi connectivity index (χ0v) is 8.30. The van der Waals surface area contributed by atoms with Gasteiger partial charge in [-0.25, -0.2) is 12.1 Å². The molecule has 3 heteroatoms. The number of hydrogen-bond donors (Lipinski definition) is 0. The van der Waals surface area contributed by atoms with E-state index in [1.165, 1.54) is 0 Å². The second-order valence-corrected chi connectivity index (χ2v) is 3.00. The molecule has 2 aromatic rings. The van der Waals surface area contributed by atoms with Gasteiger partial charge in [0.15, 0.2) is 0 Å². The number of pyridine rings is 1. The molecule has 1 aromatic heterocycles. The van der Waals surface area contributed by atoms with Crippen LogP contribution in [0.1, 0.15) is 0 Å². The molecule has 0 unspecified atom stereocenters. The van der Waals surface area contributed by atoms with Gasteiger partial charge in [0.2, 0.25) is 0 Å². The van der Waals surface area contributed by atoms with Crippen LogP contribution < -0.4 is 18.9 Å². The van der Waals surface area contributed by atoms with E-state index in [-0.39, 0.29) is 18.9 Å². The van der Waals surface area contributed by atoms with Crippen molar-refractivity contribution in [2.75, 3.05) is 0 Å². The number of para-hydroxylation sites is 1. The summed E-state index contributed by atoms with van der Waals surface area (Å²) in [5.41, 5.74) is 0.998. The summed E-state index contributed by atoms with van der Waals surface area (Å²) in [6.45, 7) is 0. The first kappa shape index (κ1) is 9.79. The van der Waals surface area contributed by atoms with Crippen molar-refractivity contribution in [1.29, 1.82) is 0 Å². The molecule has 0 aliphatic rings. The van der Waals surface area contributed by atoms with Gasteiger partial charge >= 0.3 is 18.9 Å². The summed E-state index contributed by atoms with van der Waals surface area (Å²) in [4.78, 5) is 4.24. The summed E-state index contributed by atoms with van der Waals surface area (Å²) >= 11 is 3.27. The van der Waals surface area contributed by atoms with Gasteiger partial charge < -0.3 is 0 Å². The molecule has 0 saturated heterocycles. The molecular weight excluding hydrogens is 209 g/mol. The van der Waals surface area contributed by atoms with E-state index in [1.807, 2.05) is 30.3 Å². The molecule has 1 heterocycles. The maximum absolute atomic E-state index is 4.24. The first-order chi connectivity index (χ1) is 5.36. The second kappa shape index (κ2) is 4.09. The van der Waals surface area contributed by atoms with Crippen LogP contribution in [-0.2, 0) is 0 Å². The summed E-state index contributed by atoms with van der Waals surface area (Å²) in [5, 5.41) is 1.12. The Bertz CT molecular complexity index is 389. The van der Waals surface area contributed by atoms with E-state index in [0.29, 0.717) is 0 Å². The van der Waals surface area contributed by atoms with E-state index in [1.54, 1.807) is 0 Å². The predicted octanol–water partition coefficient (Wildman–Crippen LogP) is -0.199. The van der Waals surface area contributed by atoms with Crippen molar-refractivity contribution in [2.24, 2.45) is 0 Å². The first-order valence-electron chi connectivity index (χ1n) is 3.29. The number of fused-ring (bicyclic) bond motifs is 1. The van der Waals surface area contributed by atoms with Crippen molar-refractivity contribution in [3.05, 3.63) is 41.0 Å². The molecule has 54 valence electrons. The van der Waals surface area contributed by atoms with Crippen molar-refractivity contribution >= 4 is 26.8 Å². The van der Waals surface area contributed by atoms with Gasteiger partial charge in [-0.05, 0) is 5.52 Å². The molecular formula is C9H5BrLiN. The molecule has 0 N–H and O–H groups in total. The molecule has 0 spiro atoms. The molecule has 0 radical (unpaired) electrons. The molecule has 1 nitrogen and oxygen atoms in total. The Morgan fingerprint density at radius 2 is 2.00 bits per heavy atom. The third-order valence-corrected chi connectivity index (χ3v) is 1.91. The number of hydrogen-bond acceptors (Lipinski definition) is 1. The van der Waals surface area contributed by atoms with Gasteiger partial charge in [-0.15, -0.1) is 11.5 Å². The normalized spacial score (nSPS) is 9.42. The molecule has 0 fully saturated rings. The van der Waals surface area contributed by atoms with Crippen LogP contribution in [0.25, 0.3) is 10.9 Å². The Hall–Kier alpha value is -0.293. The van der Waals surface area contributed by atoms with Crippen molar-refractivity contribution in [2.45, 2.75) is 0 Å². The number of nitrogens with zero attached hydrogens (tertiary/aromatic N) is 1. The van der Waals surface area contributed by atoms with Gasteiger partial charge in [0.25, 0.3) is 0 Å². The average molecular weight is 214 g/mol. The smallest absolute Gasteiger partial charge is 0.281 e. The Morgan fingerprint density at radius 3 is 2.83 bits per heavy atom. The molecule has 0 amide bonds. The maximum Gasteiger partial charge on any atom is 1.00 e.